The molecule has 0 saturated carbocycles. The molecule has 2 N–H and O–H groups in total. The van der Waals surface area contributed by atoms with Gasteiger partial charge in [0, 0.05) is 27.8 Å². The van der Waals surface area contributed by atoms with Crippen LogP contribution in [0.2, 0.25) is 0 Å². The smallest absolute Gasteiger partial charge is 0.142 e. The van der Waals surface area contributed by atoms with Crippen LogP contribution in [0.1, 0.15) is 33.2 Å². The number of anilines is 1. The van der Waals surface area contributed by atoms with E-state index in [1.807, 2.05) is 6.07 Å². The predicted molar refractivity (Wildman–Crippen MR) is 84.3 cm³/mol. The number of nitrogens with zero attached hydrogens (tertiary/aromatic N) is 2. The molecule has 2 aromatic heterocycles. The Morgan fingerprint density at radius 2 is 2.24 bits per heavy atom. The zero-order valence-electron chi connectivity index (χ0n) is 12.1. The minimum absolute atomic E-state index is 0.240. The van der Waals surface area contributed by atoms with Crippen LogP contribution in [0.4, 0.5) is 5.82 Å². The third-order valence-electron chi connectivity index (χ3n) is 3.88. The predicted octanol–water partition coefficient (Wildman–Crippen LogP) is 3.38. The second-order valence-electron chi connectivity index (χ2n) is 5.36. The minimum atomic E-state index is 0.240. The molecule has 0 bridgehead atoms. The Kier molecular flexibility index (Phi) is 3.66. The van der Waals surface area contributed by atoms with Gasteiger partial charge in [0.1, 0.15) is 11.9 Å². The van der Waals surface area contributed by atoms with Gasteiger partial charge in [0.05, 0.1) is 17.9 Å². The van der Waals surface area contributed by atoms with Crippen molar-refractivity contribution in [3.63, 3.8) is 0 Å². The van der Waals surface area contributed by atoms with Crippen LogP contribution in [-0.4, -0.2) is 18.2 Å². The molecule has 0 radical (unpaired) electrons. The highest BCUT2D eigenvalue weighted by Crippen LogP contribution is 2.35. The molecule has 0 amide bonds. The molecule has 0 spiro atoms. The summed E-state index contributed by atoms with van der Waals surface area (Å²) in [4.78, 5) is 6.91. The number of nitrogens with two attached hydrogens (primary N) is 1. The van der Waals surface area contributed by atoms with Crippen LogP contribution in [-0.2, 0) is 4.74 Å². The van der Waals surface area contributed by atoms with E-state index in [9.17, 15) is 5.26 Å². The first-order valence-electron chi connectivity index (χ1n) is 6.95. The van der Waals surface area contributed by atoms with Crippen molar-refractivity contribution in [1.82, 2.24) is 4.98 Å². The largest absolute Gasteiger partial charge is 0.383 e. The Morgan fingerprint density at radius 3 is 2.81 bits per heavy atom. The van der Waals surface area contributed by atoms with Crippen molar-refractivity contribution in [2.24, 2.45) is 0 Å². The summed E-state index contributed by atoms with van der Waals surface area (Å²) in [5, 5.41) is 9.37. The summed E-state index contributed by atoms with van der Waals surface area (Å²) in [6.07, 6.45) is 0.930. The van der Waals surface area contributed by atoms with Gasteiger partial charge in [-0.05, 0) is 38.0 Å². The Morgan fingerprint density at radius 1 is 1.43 bits per heavy atom. The molecule has 108 valence electrons. The van der Waals surface area contributed by atoms with Crippen molar-refractivity contribution >= 4 is 17.2 Å². The van der Waals surface area contributed by atoms with E-state index < -0.39 is 0 Å². The summed E-state index contributed by atoms with van der Waals surface area (Å²) >= 11 is 1.75. The molecule has 5 heteroatoms. The number of rotatable bonds is 2. The summed E-state index contributed by atoms with van der Waals surface area (Å²) < 4.78 is 5.46. The lowest BCUT2D eigenvalue weighted by atomic mass is 9.93. The Labute approximate surface area is 128 Å². The van der Waals surface area contributed by atoms with Crippen LogP contribution in [0.25, 0.3) is 11.3 Å². The van der Waals surface area contributed by atoms with Crippen LogP contribution in [0, 0.1) is 25.2 Å². The van der Waals surface area contributed by atoms with Gasteiger partial charge in [0.25, 0.3) is 0 Å². The van der Waals surface area contributed by atoms with E-state index in [0.29, 0.717) is 18.0 Å². The van der Waals surface area contributed by atoms with Gasteiger partial charge in [-0.1, -0.05) is 0 Å². The zero-order chi connectivity index (χ0) is 15.0. The van der Waals surface area contributed by atoms with Gasteiger partial charge in [-0.3, -0.25) is 0 Å². The molecule has 3 rings (SSSR count). The molecular weight excluding hydrogens is 282 g/mol. The molecule has 3 heterocycles. The molecule has 4 nitrogen and oxygen atoms in total. The van der Waals surface area contributed by atoms with Gasteiger partial charge < -0.3 is 10.5 Å². The number of pyridine rings is 1. The monoisotopic (exact) mass is 299 g/mol. The number of aryl methyl sites for hydroxylation is 2. The van der Waals surface area contributed by atoms with E-state index in [1.54, 1.807) is 11.3 Å². The molecule has 1 fully saturated rings. The summed E-state index contributed by atoms with van der Waals surface area (Å²) in [6.45, 7) is 5.56. The van der Waals surface area contributed by atoms with Crippen LogP contribution >= 0.6 is 11.3 Å². The highest BCUT2D eigenvalue weighted by Gasteiger charge is 2.24. The quantitative estimate of drug-likeness (QED) is 0.922. The van der Waals surface area contributed by atoms with Crippen molar-refractivity contribution in [2.75, 3.05) is 18.9 Å². The first-order chi connectivity index (χ1) is 10.1. The normalized spacial score (nSPS) is 17.9. The Bertz CT molecular complexity index is 724. The number of hydrogen-bond donors (Lipinski definition) is 1. The van der Waals surface area contributed by atoms with E-state index >= 15 is 0 Å². The maximum Gasteiger partial charge on any atom is 0.142 e. The van der Waals surface area contributed by atoms with E-state index in [2.05, 4.69) is 31.0 Å². The summed E-state index contributed by atoms with van der Waals surface area (Å²) in [5.41, 5.74) is 9.46. The van der Waals surface area contributed by atoms with Crippen molar-refractivity contribution in [3.8, 4) is 17.3 Å². The van der Waals surface area contributed by atoms with Crippen molar-refractivity contribution in [1.29, 1.82) is 5.26 Å². The van der Waals surface area contributed by atoms with Crippen LogP contribution in [0.5, 0.6) is 0 Å². The third-order valence-corrected chi connectivity index (χ3v) is 4.84. The molecule has 1 saturated heterocycles. The molecule has 21 heavy (non-hydrogen) atoms. The summed E-state index contributed by atoms with van der Waals surface area (Å²) in [6, 6.07) is 6.34. The maximum absolute atomic E-state index is 9.37. The third kappa shape index (κ3) is 2.53. The van der Waals surface area contributed by atoms with Crippen molar-refractivity contribution < 1.29 is 4.74 Å². The van der Waals surface area contributed by atoms with Gasteiger partial charge in [0.2, 0.25) is 0 Å². The molecule has 0 aromatic carbocycles. The second-order valence-corrected chi connectivity index (χ2v) is 6.82. The summed E-state index contributed by atoms with van der Waals surface area (Å²) in [5.74, 6) is 0.559. The van der Waals surface area contributed by atoms with Crippen molar-refractivity contribution in [2.45, 2.75) is 26.2 Å². The standard InChI is InChI=1S/C16H17N3OS/c1-9-5-12(10(2)21-9)15-6-13(11-3-4-20-8-11)14(7-17)16(18)19-15/h5-6,11H,3-4,8H2,1-2H3,(H2,18,19). The van der Waals surface area contributed by atoms with Crippen LogP contribution in [0.3, 0.4) is 0 Å². The van der Waals surface area contributed by atoms with E-state index in [1.165, 1.54) is 9.75 Å². The molecule has 0 aliphatic carbocycles. The number of aromatic nitrogens is 1. The second kappa shape index (κ2) is 5.47. The number of nitrogen functional groups attached to an aromatic ring is 1. The van der Waals surface area contributed by atoms with Gasteiger partial charge >= 0.3 is 0 Å². The number of ether oxygens (including phenoxy) is 1. The van der Waals surface area contributed by atoms with E-state index in [-0.39, 0.29) is 5.92 Å². The van der Waals surface area contributed by atoms with Gasteiger partial charge in [-0.2, -0.15) is 5.26 Å². The number of thiophene rings is 1. The molecule has 1 aliphatic rings. The fourth-order valence-corrected chi connectivity index (χ4v) is 3.77. The van der Waals surface area contributed by atoms with Gasteiger partial charge in [-0.25, -0.2) is 4.98 Å². The molecular formula is C16H17N3OS. The lowest BCUT2D eigenvalue weighted by Crippen LogP contribution is -2.06. The van der Waals surface area contributed by atoms with E-state index in [4.69, 9.17) is 10.5 Å². The molecule has 1 unspecified atom stereocenters. The van der Waals surface area contributed by atoms with Crippen LogP contribution < -0.4 is 5.73 Å². The topological polar surface area (TPSA) is 71.9 Å². The first-order valence-corrected chi connectivity index (χ1v) is 7.77. The number of hydrogen-bond acceptors (Lipinski definition) is 5. The van der Waals surface area contributed by atoms with Gasteiger partial charge in [0.15, 0.2) is 0 Å². The summed E-state index contributed by atoms with van der Waals surface area (Å²) in [7, 11) is 0. The molecule has 1 aliphatic heterocycles. The maximum atomic E-state index is 9.37. The van der Waals surface area contributed by atoms with E-state index in [0.717, 1.165) is 29.8 Å². The molecule has 1 atom stereocenters. The van der Waals surface area contributed by atoms with Crippen LogP contribution in [0.15, 0.2) is 12.1 Å². The van der Waals surface area contributed by atoms with Crippen molar-refractivity contribution in [3.05, 3.63) is 33.0 Å². The SMILES string of the molecule is Cc1cc(-c2cc(C3CCOC3)c(C#N)c(N)n2)c(C)s1. The fourth-order valence-electron chi connectivity index (χ4n) is 2.83. The highest BCUT2D eigenvalue weighted by atomic mass is 32.1. The lowest BCUT2D eigenvalue weighted by Gasteiger charge is -2.13. The first kappa shape index (κ1) is 14.1. The highest BCUT2D eigenvalue weighted by molar-refractivity contribution is 7.12. The lowest BCUT2D eigenvalue weighted by molar-refractivity contribution is 0.194. The Balaban J connectivity index is 2.15. The average Bonchev–Trinajstić information content (AvgIpc) is 3.07. The zero-order valence-corrected chi connectivity index (χ0v) is 13.0. The minimum Gasteiger partial charge on any atom is -0.383 e. The molecule has 2 aromatic rings. The van der Waals surface area contributed by atoms with Gasteiger partial charge in [-0.15, -0.1) is 11.3 Å². The number of nitriles is 1. The fraction of sp³-hybridized carbons (Fsp3) is 0.375. The Hall–Kier alpha value is -1.90. The average molecular weight is 299 g/mol.